The Hall–Kier alpha value is -1.03. The van der Waals surface area contributed by atoms with Gasteiger partial charge in [-0.25, -0.2) is 0 Å². The Morgan fingerprint density at radius 1 is 1.44 bits per heavy atom. The fraction of sp³-hybridized carbons (Fsp3) is 0.500. The van der Waals surface area contributed by atoms with Crippen LogP contribution in [-0.2, 0) is 4.79 Å². The summed E-state index contributed by atoms with van der Waals surface area (Å²) in [5.74, 6) is 2.19. The van der Waals surface area contributed by atoms with E-state index in [2.05, 4.69) is 15.9 Å². The third-order valence-corrected chi connectivity index (χ3v) is 3.91. The van der Waals surface area contributed by atoms with Crippen LogP contribution in [0.3, 0.4) is 0 Å². The van der Waals surface area contributed by atoms with Crippen molar-refractivity contribution in [2.45, 2.75) is 25.7 Å². The molecule has 0 saturated heterocycles. The minimum absolute atomic E-state index is 0.210. The van der Waals surface area contributed by atoms with Crippen LogP contribution in [-0.4, -0.2) is 19.5 Å². The number of hydrogen-bond donors (Lipinski definition) is 0. The zero-order valence-electron chi connectivity index (χ0n) is 10.4. The molecule has 0 heterocycles. The highest BCUT2D eigenvalue weighted by Gasteiger charge is 2.23. The van der Waals surface area contributed by atoms with Gasteiger partial charge in [0, 0.05) is 12.3 Å². The third-order valence-electron chi connectivity index (χ3n) is 3.29. The Labute approximate surface area is 116 Å². The lowest BCUT2D eigenvalue weighted by molar-refractivity contribution is -0.121. The van der Waals surface area contributed by atoms with Crippen LogP contribution in [0, 0.1) is 5.92 Å². The van der Waals surface area contributed by atoms with Gasteiger partial charge in [-0.05, 0) is 53.4 Å². The van der Waals surface area contributed by atoms with E-state index in [4.69, 9.17) is 9.47 Å². The van der Waals surface area contributed by atoms with Gasteiger partial charge in [-0.15, -0.1) is 0 Å². The zero-order chi connectivity index (χ0) is 13.0. The molecule has 2 rings (SSSR count). The molecule has 98 valence electrons. The van der Waals surface area contributed by atoms with E-state index < -0.39 is 0 Å². The van der Waals surface area contributed by atoms with Crippen molar-refractivity contribution in [2.75, 3.05) is 13.7 Å². The molecule has 1 aromatic carbocycles. The van der Waals surface area contributed by atoms with Crippen LogP contribution >= 0.6 is 15.9 Å². The van der Waals surface area contributed by atoms with Crippen LogP contribution in [0.2, 0.25) is 0 Å². The summed E-state index contributed by atoms with van der Waals surface area (Å²) in [5, 5.41) is 0. The summed E-state index contributed by atoms with van der Waals surface area (Å²) < 4.78 is 11.7. The van der Waals surface area contributed by atoms with Gasteiger partial charge in [0.2, 0.25) is 0 Å². The number of rotatable bonds is 5. The number of carbonyl (C=O) groups excluding carboxylic acids is 1. The molecular weight excluding hydrogens is 296 g/mol. The molecule has 0 spiro atoms. The van der Waals surface area contributed by atoms with Crippen LogP contribution in [0.25, 0.3) is 0 Å². The van der Waals surface area contributed by atoms with Crippen LogP contribution in [0.5, 0.6) is 11.5 Å². The minimum Gasteiger partial charge on any atom is -0.497 e. The van der Waals surface area contributed by atoms with Crippen LogP contribution in [0.1, 0.15) is 25.7 Å². The fourth-order valence-corrected chi connectivity index (χ4v) is 2.70. The van der Waals surface area contributed by atoms with Gasteiger partial charge in [0.15, 0.2) is 0 Å². The zero-order valence-corrected chi connectivity index (χ0v) is 12.0. The molecule has 18 heavy (non-hydrogen) atoms. The Morgan fingerprint density at radius 2 is 2.28 bits per heavy atom. The molecule has 1 unspecified atom stereocenters. The standard InChI is InChI=1S/C14H17BrO3/c1-17-11-5-6-14(12(15)9-11)18-8-7-10-3-2-4-13(10)16/h5-6,9-10H,2-4,7-8H2,1H3. The van der Waals surface area contributed by atoms with Gasteiger partial charge in [-0.3, -0.25) is 4.79 Å². The molecule has 0 aromatic heterocycles. The van der Waals surface area contributed by atoms with E-state index in [0.29, 0.717) is 12.4 Å². The summed E-state index contributed by atoms with van der Waals surface area (Å²) in [7, 11) is 1.63. The summed E-state index contributed by atoms with van der Waals surface area (Å²) in [6.45, 7) is 0.585. The van der Waals surface area contributed by atoms with E-state index in [9.17, 15) is 4.79 Å². The minimum atomic E-state index is 0.210. The Bertz CT molecular complexity index is 431. The lowest BCUT2D eigenvalue weighted by atomic mass is 10.0. The molecule has 4 heteroatoms. The van der Waals surface area contributed by atoms with Crippen molar-refractivity contribution in [3.8, 4) is 11.5 Å². The van der Waals surface area contributed by atoms with E-state index in [1.807, 2.05) is 18.2 Å². The van der Waals surface area contributed by atoms with Gasteiger partial charge in [-0.2, -0.15) is 0 Å². The summed E-state index contributed by atoms with van der Waals surface area (Å²) in [5.41, 5.74) is 0. The lowest BCUT2D eigenvalue weighted by Gasteiger charge is -2.11. The highest BCUT2D eigenvalue weighted by atomic mass is 79.9. The van der Waals surface area contributed by atoms with Crippen molar-refractivity contribution in [3.05, 3.63) is 22.7 Å². The van der Waals surface area contributed by atoms with Crippen LogP contribution in [0.4, 0.5) is 0 Å². The molecule has 0 bridgehead atoms. The number of halogens is 1. The predicted octanol–water partition coefficient (Wildman–Crippen LogP) is 3.60. The van der Waals surface area contributed by atoms with Crippen LogP contribution < -0.4 is 9.47 Å². The third kappa shape index (κ3) is 3.25. The first-order valence-corrected chi connectivity index (χ1v) is 6.99. The average Bonchev–Trinajstić information content (AvgIpc) is 2.77. The smallest absolute Gasteiger partial charge is 0.136 e. The highest BCUT2D eigenvalue weighted by Crippen LogP contribution is 2.30. The van der Waals surface area contributed by atoms with Gasteiger partial charge in [-0.1, -0.05) is 0 Å². The molecule has 1 aliphatic rings. The van der Waals surface area contributed by atoms with Crippen molar-refractivity contribution >= 4 is 21.7 Å². The molecule has 0 amide bonds. The van der Waals surface area contributed by atoms with E-state index in [1.54, 1.807) is 7.11 Å². The maximum atomic E-state index is 11.5. The Kier molecular flexibility index (Phi) is 4.64. The van der Waals surface area contributed by atoms with Crippen LogP contribution in [0.15, 0.2) is 22.7 Å². The quantitative estimate of drug-likeness (QED) is 0.833. The predicted molar refractivity (Wildman–Crippen MR) is 73.2 cm³/mol. The second-order valence-corrected chi connectivity index (χ2v) is 5.34. The number of benzene rings is 1. The number of Topliss-reactive ketones (excluding diaryl/α,β-unsaturated/α-hetero) is 1. The monoisotopic (exact) mass is 312 g/mol. The van der Waals surface area contributed by atoms with Gasteiger partial charge >= 0.3 is 0 Å². The van der Waals surface area contributed by atoms with Crippen molar-refractivity contribution in [2.24, 2.45) is 5.92 Å². The molecular formula is C14H17BrO3. The summed E-state index contributed by atoms with van der Waals surface area (Å²) in [6.07, 6.45) is 3.62. The largest absolute Gasteiger partial charge is 0.497 e. The number of carbonyl (C=O) groups is 1. The molecule has 0 N–H and O–H groups in total. The van der Waals surface area contributed by atoms with E-state index in [-0.39, 0.29) is 5.92 Å². The van der Waals surface area contributed by atoms with Gasteiger partial charge in [0.05, 0.1) is 18.2 Å². The molecule has 1 aromatic rings. The van der Waals surface area contributed by atoms with Gasteiger partial charge < -0.3 is 9.47 Å². The summed E-state index contributed by atoms with van der Waals surface area (Å²) >= 11 is 3.44. The molecule has 1 aliphatic carbocycles. The second kappa shape index (κ2) is 6.23. The first kappa shape index (κ1) is 13.4. The summed E-state index contributed by atoms with van der Waals surface area (Å²) in [4.78, 5) is 11.5. The SMILES string of the molecule is COc1ccc(OCCC2CCCC2=O)c(Br)c1. The number of methoxy groups -OCH3 is 1. The number of ether oxygens (including phenoxy) is 2. The first-order valence-electron chi connectivity index (χ1n) is 6.20. The molecule has 0 aliphatic heterocycles. The number of ketones is 1. The topological polar surface area (TPSA) is 35.5 Å². The lowest BCUT2D eigenvalue weighted by Crippen LogP contribution is -2.11. The average molecular weight is 313 g/mol. The van der Waals surface area contributed by atoms with E-state index >= 15 is 0 Å². The highest BCUT2D eigenvalue weighted by molar-refractivity contribution is 9.10. The van der Waals surface area contributed by atoms with Crippen molar-refractivity contribution in [1.29, 1.82) is 0 Å². The first-order chi connectivity index (χ1) is 8.70. The normalized spacial score (nSPS) is 19.0. The van der Waals surface area contributed by atoms with Gasteiger partial charge in [0.25, 0.3) is 0 Å². The number of hydrogen-bond acceptors (Lipinski definition) is 3. The second-order valence-electron chi connectivity index (χ2n) is 4.49. The molecule has 1 atom stereocenters. The van der Waals surface area contributed by atoms with Crippen molar-refractivity contribution < 1.29 is 14.3 Å². The molecule has 3 nitrogen and oxygen atoms in total. The van der Waals surface area contributed by atoms with Gasteiger partial charge in [0.1, 0.15) is 17.3 Å². The molecule has 1 saturated carbocycles. The Balaban J connectivity index is 1.84. The van der Waals surface area contributed by atoms with Crippen molar-refractivity contribution in [1.82, 2.24) is 0 Å². The van der Waals surface area contributed by atoms with Crippen molar-refractivity contribution in [3.63, 3.8) is 0 Å². The maximum Gasteiger partial charge on any atom is 0.136 e. The van der Waals surface area contributed by atoms with E-state index in [1.165, 1.54) is 0 Å². The van der Waals surface area contributed by atoms with E-state index in [0.717, 1.165) is 41.7 Å². The fourth-order valence-electron chi connectivity index (χ4n) is 2.23. The summed E-state index contributed by atoms with van der Waals surface area (Å²) in [6, 6.07) is 5.61. The molecule has 1 fully saturated rings. The maximum absolute atomic E-state index is 11.5. The molecule has 0 radical (unpaired) electrons. The Morgan fingerprint density at radius 3 is 2.89 bits per heavy atom.